The number of unbranched alkanes of at least 4 members (excludes halogenated alkanes) is 4. The van der Waals surface area contributed by atoms with Crippen molar-refractivity contribution in [3.63, 3.8) is 0 Å². The molecule has 46 heavy (non-hydrogen) atoms. The molecule has 0 fully saturated rings. The molecule has 9 nitrogen and oxygen atoms in total. The van der Waals surface area contributed by atoms with Crippen molar-refractivity contribution in [2.24, 2.45) is 22.4 Å². The van der Waals surface area contributed by atoms with Gasteiger partial charge < -0.3 is 31.5 Å². The quantitative estimate of drug-likeness (QED) is 0.0946. The molecule has 250 valence electrons. The second-order valence-electron chi connectivity index (χ2n) is 12.7. The fraction of sp³-hybridized carbons (Fsp3) is 0.514. The number of ether oxygens (including phenoxy) is 1. The lowest BCUT2D eigenvalue weighted by Gasteiger charge is -2.22. The van der Waals surface area contributed by atoms with Gasteiger partial charge in [0.1, 0.15) is 24.2 Å². The number of phenolic OH excluding ortho intramolecular Hbond substituents is 1. The highest BCUT2D eigenvalue weighted by Crippen LogP contribution is 2.29. The van der Waals surface area contributed by atoms with Crippen LogP contribution in [0.15, 0.2) is 64.9 Å². The number of quaternary nitrogens is 1. The van der Waals surface area contributed by atoms with E-state index in [0.717, 1.165) is 89.0 Å². The number of aliphatic hydroxyl groups is 2. The molecule has 0 amide bonds. The van der Waals surface area contributed by atoms with E-state index in [1.54, 1.807) is 6.07 Å². The number of rotatable bonds is 20. The van der Waals surface area contributed by atoms with Gasteiger partial charge in [-0.25, -0.2) is 0 Å². The molecule has 8 N–H and O–H groups in total. The minimum absolute atomic E-state index is 0.0535. The van der Waals surface area contributed by atoms with Crippen LogP contribution in [0.2, 0.25) is 0 Å². The summed E-state index contributed by atoms with van der Waals surface area (Å²) in [5.74, 6) is 0.232. The molecule has 2 heterocycles. The fourth-order valence-corrected chi connectivity index (χ4v) is 6.32. The molecule has 0 saturated heterocycles. The minimum Gasteiger partial charge on any atom is -0.504 e. The fourth-order valence-electron chi connectivity index (χ4n) is 6.32. The van der Waals surface area contributed by atoms with Crippen LogP contribution >= 0.6 is 0 Å². The summed E-state index contributed by atoms with van der Waals surface area (Å²) in [5.41, 5.74) is 18.4. The number of carbonyl (C=O) groups excluding carboxylic acids is 1. The van der Waals surface area contributed by atoms with Crippen LogP contribution in [0.25, 0.3) is 0 Å². The van der Waals surface area contributed by atoms with Crippen LogP contribution in [0.4, 0.5) is 0 Å². The van der Waals surface area contributed by atoms with Gasteiger partial charge in [-0.15, -0.1) is 0 Å². The van der Waals surface area contributed by atoms with Crippen LogP contribution in [0.1, 0.15) is 100 Å². The summed E-state index contributed by atoms with van der Waals surface area (Å²) >= 11 is 0. The standard InChI is InChI=1S/C37H52N4O5/c1-3-5-7-9-30(33(43)10-8-6-4-2)34(44)15-11-25-12-16-35(45)36(17-25)46-24-41-21-31-29(20-40-32(31)22-41)19-28-18-26(37(38)39)13-14-27(28)23-42/h12-14,16-18,20-21,30,33,37,42-43,45H,3-11,15,19,22-24,38-39H2,1-2H3/p+1. The number of Topliss-reactive ketones (excluding diaryl/α,β-unsaturated/α-hetero) is 1. The molecule has 0 saturated carbocycles. The SMILES string of the molecule is CCCCCC(O)C(CCCCC)C(=O)CCc1ccc(O)c(OC[NH+]2C=C3C(Cc4cc(C(N)N)ccc4CO)=CN=C3C2)c1. The summed E-state index contributed by atoms with van der Waals surface area (Å²) < 4.78 is 6.08. The van der Waals surface area contributed by atoms with Gasteiger partial charge in [0.05, 0.1) is 24.4 Å². The smallest absolute Gasteiger partial charge is 0.227 e. The van der Waals surface area contributed by atoms with Gasteiger partial charge >= 0.3 is 0 Å². The molecule has 0 radical (unpaired) electrons. The first-order valence-electron chi connectivity index (χ1n) is 17.0. The Kier molecular flexibility index (Phi) is 13.5. The van der Waals surface area contributed by atoms with Crippen LogP contribution in [0.3, 0.4) is 0 Å². The van der Waals surface area contributed by atoms with Crippen LogP contribution < -0.4 is 21.1 Å². The monoisotopic (exact) mass is 633 g/mol. The van der Waals surface area contributed by atoms with Gasteiger partial charge in [-0.1, -0.05) is 76.6 Å². The van der Waals surface area contributed by atoms with Crippen molar-refractivity contribution in [3.8, 4) is 11.5 Å². The summed E-state index contributed by atoms with van der Waals surface area (Å²) in [5, 5.41) is 31.2. The highest BCUT2D eigenvalue weighted by molar-refractivity contribution is 6.08. The predicted octanol–water partition coefficient (Wildman–Crippen LogP) is 4.14. The number of hydrogen-bond acceptors (Lipinski definition) is 8. The summed E-state index contributed by atoms with van der Waals surface area (Å²) in [6, 6.07) is 10.9. The Labute approximate surface area is 273 Å². The lowest BCUT2D eigenvalue weighted by molar-refractivity contribution is -0.851. The van der Waals surface area contributed by atoms with Crippen LogP contribution in [-0.2, 0) is 24.2 Å². The number of hydrogen-bond donors (Lipinski definition) is 6. The molecule has 0 aromatic heterocycles. The Morgan fingerprint density at radius 2 is 1.78 bits per heavy atom. The van der Waals surface area contributed by atoms with E-state index < -0.39 is 12.3 Å². The molecule has 0 aliphatic carbocycles. The highest BCUT2D eigenvalue weighted by atomic mass is 16.5. The normalized spacial score (nSPS) is 17.0. The number of allylic oxidation sites excluding steroid dienone is 1. The number of benzene rings is 2. The molecule has 9 heteroatoms. The van der Waals surface area contributed by atoms with Gasteiger partial charge in [-0.3, -0.25) is 14.7 Å². The van der Waals surface area contributed by atoms with E-state index in [2.05, 4.69) is 25.0 Å². The van der Waals surface area contributed by atoms with Crippen molar-refractivity contribution in [3.05, 3.63) is 82.2 Å². The van der Waals surface area contributed by atoms with Gasteiger partial charge in [-0.05, 0) is 59.2 Å². The number of aliphatic hydroxyl groups excluding tert-OH is 2. The maximum Gasteiger partial charge on any atom is 0.227 e. The first kappa shape index (κ1) is 35.5. The Hall–Kier alpha value is -3.34. The van der Waals surface area contributed by atoms with E-state index in [9.17, 15) is 20.1 Å². The average Bonchev–Trinajstić information content (AvgIpc) is 3.63. The summed E-state index contributed by atoms with van der Waals surface area (Å²) in [6.07, 6.45) is 11.9. The third-order valence-electron chi connectivity index (χ3n) is 9.14. The number of carbonyl (C=O) groups is 1. The van der Waals surface area contributed by atoms with Gasteiger partial charge in [-0.2, -0.15) is 0 Å². The van der Waals surface area contributed by atoms with E-state index in [0.29, 0.717) is 44.7 Å². The molecule has 4 rings (SSSR count). The molecule has 3 unspecified atom stereocenters. The second-order valence-corrected chi connectivity index (χ2v) is 12.7. The topological polar surface area (TPSA) is 156 Å². The number of nitrogens with one attached hydrogen (secondary N) is 1. The van der Waals surface area contributed by atoms with Gasteiger partial charge in [0, 0.05) is 25.0 Å². The number of aromatic hydroxyl groups is 1. The predicted molar refractivity (Wildman–Crippen MR) is 181 cm³/mol. The van der Waals surface area contributed by atoms with Crippen molar-refractivity contribution in [1.29, 1.82) is 0 Å². The number of ketones is 1. The molecule has 0 bridgehead atoms. The molecule has 0 spiro atoms. The van der Waals surface area contributed by atoms with Gasteiger partial charge in [0.2, 0.25) is 6.73 Å². The molecule has 3 atom stereocenters. The second kappa shape index (κ2) is 17.5. The third-order valence-corrected chi connectivity index (χ3v) is 9.14. The van der Waals surface area contributed by atoms with Crippen molar-refractivity contribution in [2.45, 2.75) is 103 Å². The zero-order valence-electron chi connectivity index (χ0n) is 27.5. The average molecular weight is 634 g/mol. The Balaban J connectivity index is 1.34. The number of nitrogens with two attached hydrogens (primary N) is 2. The summed E-state index contributed by atoms with van der Waals surface area (Å²) in [6.45, 7) is 5.17. The lowest BCUT2D eigenvalue weighted by atomic mass is 9.86. The zero-order chi connectivity index (χ0) is 33.1. The van der Waals surface area contributed by atoms with Crippen LogP contribution in [0, 0.1) is 5.92 Å². The largest absolute Gasteiger partial charge is 0.504 e. The first-order chi connectivity index (χ1) is 22.2. The Morgan fingerprint density at radius 3 is 2.50 bits per heavy atom. The maximum atomic E-state index is 13.3. The molecule has 2 aliphatic heterocycles. The molecule has 2 aromatic carbocycles. The summed E-state index contributed by atoms with van der Waals surface area (Å²) in [7, 11) is 0. The molecule has 2 aliphatic rings. The van der Waals surface area contributed by atoms with Crippen molar-refractivity contribution in [1.82, 2.24) is 0 Å². The Bertz CT molecular complexity index is 1420. The van der Waals surface area contributed by atoms with E-state index in [-0.39, 0.29) is 24.1 Å². The van der Waals surface area contributed by atoms with Gasteiger partial charge in [0.25, 0.3) is 0 Å². The zero-order valence-corrected chi connectivity index (χ0v) is 27.5. The maximum absolute atomic E-state index is 13.3. The molecule has 2 aromatic rings. The number of aliphatic imine (C=N–C) groups is 1. The van der Waals surface area contributed by atoms with Gasteiger partial charge in [0.15, 0.2) is 11.5 Å². The van der Waals surface area contributed by atoms with E-state index in [1.807, 2.05) is 36.5 Å². The van der Waals surface area contributed by atoms with Crippen LogP contribution in [0.5, 0.6) is 11.5 Å². The Morgan fingerprint density at radius 1 is 1.02 bits per heavy atom. The molecular formula is C37H53N4O5+. The van der Waals surface area contributed by atoms with E-state index in [4.69, 9.17) is 16.2 Å². The number of aryl methyl sites for hydroxylation is 1. The number of phenols is 1. The molecular weight excluding hydrogens is 580 g/mol. The highest BCUT2D eigenvalue weighted by Gasteiger charge is 2.31. The van der Waals surface area contributed by atoms with E-state index in [1.165, 1.54) is 0 Å². The lowest BCUT2D eigenvalue weighted by Crippen LogP contribution is -3.07. The number of fused-ring (bicyclic) bond motifs is 1. The third kappa shape index (κ3) is 9.59. The van der Waals surface area contributed by atoms with Crippen molar-refractivity contribution in [2.75, 3.05) is 13.3 Å². The van der Waals surface area contributed by atoms with E-state index >= 15 is 0 Å². The first-order valence-corrected chi connectivity index (χ1v) is 17.0. The summed E-state index contributed by atoms with van der Waals surface area (Å²) in [4.78, 5) is 18.9. The minimum atomic E-state index is -0.588. The van der Waals surface area contributed by atoms with Crippen molar-refractivity contribution < 1.29 is 29.8 Å². The van der Waals surface area contributed by atoms with Crippen molar-refractivity contribution >= 4 is 11.5 Å². The van der Waals surface area contributed by atoms with Crippen LogP contribution in [-0.4, -0.2) is 46.2 Å². The number of nitrogens with zero attached hydrogens (tertiary/aromatic N) is 1.